The molecule has 0 amide bonds. The second kappa shape index (κ2) is 9.92. The van der Waals surface area contributed by atoms with E-state index in [1.807, 2.05) is 0 Å². The number of rotatable bonds is 10. The van der Waals surface area contributed by atoms with Gasteiger partial charge in [-0.15, -0.1) is 0 Å². The van der Waals surface area contributed by atoms with Crippen molar-refractivity contribution in [1.82, 2.24) is 5.32 Å². The first-order valence-electron chi connectivity index (χ1n) is 7.56. The van der Waals surface area contributed by atoms with Gasteiger partial charge in [0.1, 0.15) is 0 Å². The minimum atomic E-state index is 0.275. The molecule has 114 valence electrons. The third kappa shape index (κ3) is 6.04. The van der Waals surface area contributed by atoms with Gasteiger partial charge < -0.3 is 14.8 Å². The largest absolute Gasteiger partial charge is 0.385 e. The lowest BCUT2D eigenvalue weighted by atomic mass is 9.99. The number of ether oxygens (including phenoxy) is 2. The molecule has 1 N–H and O–H groups in total. The average molecular weight is 279 g/mol. The molecule has 0 aliphatic heterocycles. The Morgan fingerprint density at radius 1 is 1.20 bits per heavy atom. The number of nitrogens with one attached hydrogen (secondary N) is 1. The van der Waals surface area contributed by atoms with E-state index in [2.05, 4.69) is 44.3 Å². The molecule has 0 spiro atoms. The normalized spacial score (nSPS) is 12.6. The molecular weight excluding hydrogens is 250 g/mol. The summed E-state index contributed by atoms with van der Waals surface area (Å²) >= 11 is 0. The molecule has 1 aromatic rings. The van der Waals surface area contributed by atoms with Gasteiger partial charge in [-0.2, -0.15) is 0 Å². The zero-order valence-electron chi connectivity index (χ0n) is 13.4. The second-order valence-corrected chi connectivity index (χ2v) is 5.29. The Labute approximate surface area is 123 Å². The molecule has 0 saturated carbocycles. The van der Waals surface area contributed by atoms with Gasteiger partial charge in [0, 0.05) is 20.3 Å². The first-order valence-corrected chi connectivity index (χ1v) is 7.56. The Balaban J connectivity index is 2.60. The first kappa shape index (κ1) is 17.2. The van der Waals surface area contributed by atoms with E-state index in [0.29, 0.717) is 6.61 Å². The predicted molar refractivity (Wildman–Crippen MR) is 84.3 cm³/mol. The maximum absolute atomic E-state index is 5.80. The van der Waals surface area contributed by atoms with E-state index in [9.17, 15) is 0 Å². The number of hydrogen-bond acceptors (Lipinski definition) is 3. The summed E-state index contributed by atoms with van der Waals surface area (Å²) in [7, 11) is 1.72. The molecule has 0 aromatic heterocycles. The van der Waals surface area contributed by atoms with Gasteiger partial charge in [0.15, 0.2) is 0 Å². The molecule has 0 aliphatic carbocycles. The van der Waals surface area contributed by atoms with Crippen molar-refractivity contribution in [3.63, 3.8) is 0 Å². The van der Waals surface area contributed by atoms with E-state index in [-0.39, 0.29) is 6.04 Å². The van der Waals surface area contributed by atoms with Crippen molar-refractivity contribution in [1.29, 1.82) is 0 Å². The molecule has 0 fully saturated rings. The van der Waals surface area contributed by atoms with Crippen molar-refractivity contribution in [3.8, 4) is 0 Å². The molecule has 1 aromatic carbocycles. The Bertz CT molecular complexity index is 379. The zero-order valence-corrected chi connectivity index (χ0v) is 13.4. The van der Waals surface area contributed by atoms with Crippen LogP contribution in [0.2, 0.25) is 0 Å². The van der Waals surface area contributed by atoms with Crippen LogP contribution in [-0.2, 0) is 9.47 Å². The van der Waals surface area contributed by atoms with Gasteiger partial charge >= 0.3 is 0 Å². The molecule has 0 heterocycles. The van der Waals surface area contributed by atoms with Crippen LogP contribution < -0.4 is 5.32 Å². The van der Waals surface area contributed by atoms with E-state index in [1.54, 1.807) is 7.11 Å². The highest BCUT2D eigenvalue weighted by Gasteiger charge is 2.13. The number of hydrogen-bond donors (Lipinski definition) is 1. The van der Waals surface area contributed by atoms with Crippen LogP contribution in [0.1, 0.15) is 42.5 Å². The van der Waals surface area contributed by atoms with Gasteiger partial charge in [-0.05, 0) is 44.4 Å². The molecule has 3 heteroatoms. The highest BCUT2D eigenvalue weighted by Crippen LogP contribution is 2.20. The lowest BCUT2D eigenvalue weighted by Gasteiger charge is -2.21. The van der Waals surface area contributed by atoms with Crippen LogP contribution >= 0.6 is 0 Å². The van der Waals surface area contributed by atoms with E-state index < -0.39 is 0 Å². The maximum atomic E-state index is 5.80. The Morgan fingerprint density at radius 3 is 2.70 bits per heavy atom. The zero-order chi connectivity index (χ0) is 14.8. The van der Waals surface area contributed by atoms with Crippen LogP contribution in [0.25, 0.3) is 0 Å². The summed E-state index contributed by atoms with van der Waals surface area (Å²) < 4.78 is 10.8. The van der Waals surface area contributed by atoms with E-state index in [0.717, 1.165) is 32.6 Å². The average Bonchev–Trinajstić information content (AvgIpc) is 2.45. The number of methoxy groups -OCH3 is 1. The van der Waals surface area contributed by atoms with Crippen molar-refractivity contribution in [2.45, 2.75) is 39.7 Å². The molecule has 20 heavy (non-hydrogen) atoms. The predicted octanol–water partition coefficient (Wildman–Crippen LogP) is 3.40. The van der Waals surface area contributed by atoms with Gasteiger partial charge in [-0.3, -0.25) is 0 Å². The van der Waals surface area contributed by atoms with Crippen molar-refractivity contribution < 1.29 is 9.47 Å². The summed E-state index contributed by atoms with van der Waals surface area (Å²) in [6.07, 6.45) is 2.08. The lowest BCUT2D eigenvalue weighted by Crippen LogP contribution is -2.27. The Morgan fingerprint density at radius 2 is 2.00 bits per heavy atom. The third-order valence-electron chi connectivity index (χ3n) is 3.37. The van der Waals surface area contributed by atoms with E-state index in [4.69, 9.17) is 9.47 Å². The van der Waals surface area contributed by atoms with Crippen LogP contribution in [0, 0.1) is 13.8 Å². The summed E-state index contributed by atoms with van der Waals surface area (Å²) in [4.78, 5) is 0. The van der Waals surface area contributed by atoms with Crippen molar-refractivity contribution in [2.24, 2.45) is 0 Å². The standard InChI is InChI=1S/C17H29NO2/c1-5-9-18-17(13-20-11-6-10-19-4)16-12-14(2)7-8-15(16)3/h7-8,12,17-18H,5-6,9-11,13H2,1-4H3. The fourth-order valence-corrected chi connectivity index (χ4v) is 2.22. The minimum absolute atomic E-state index is 0.275. The fraction of sp³-hybridized carbons (Fsp3) is 0.647. The molecule has 0 saturated heterocycles. The molecular formula is C17H29NO2. The van der Waals surface area contributed by atoms with Crippen molar-refractivity contribution in [2.75, 3.05) is 33.5 Å². The van der Waals surface area contributed by atoms with Gasteiger partial charge in [-0.1, -0.05) is 30.7 Å². The van der Waals surface area contributed by atoms with Crippen LogP contribution in [0.5, 0.6) is 0 Å². The summed E-state index contributed by atoms with van der Waals surface area (Å²) in [6.45, 7) is 9.74. The molecule has 1 rings (SSSR count). The summed E-state index contributed by atoms with van der Waals surface area (Å²) in [6, 6.07) is 6.89. The molecule has 1 atom stereocenters. The number of benzene rings is 1. The van der Waals surface area contributed by atoms with Crippen LogP contribution in [0.15, 0.2) is 18.2 Å². The van der Waals surface area contributed by atoms with Gasteiger partial charge in [0.2, 0.25) is 0 Å². The molecule has 1 unspecified atom stereocenters. The van der Waals surface area contributed by atoms with Crippen LogP contribution in [0.3, 0.4) is 0 Å². The Kier molecular flexibility index (Phi) is 8.51. The monoisotopic (exact) mass is 279 g/mol. The highest BCUT2D eigenvalue weighted by atomic mass is 16.5. The first-order chi connectivity index (χ1) is 9.69. The van der Waals surface area contributed by atoms with Gasteiger partial charge in [0.25, 0.3) is 0 Å². The van der Waals surface area contributed by atoms with Gasteiger partial charge in [0.05, 0.1) is 12.6 Å². The molecule has 3 nitrogen and oxygen atoms in total. The van der Waals surface area contributed by atoms with Crippen LogP contribution in [-0.4, -0.2) is 33.5 Å². The molecule has 0 radical (unpaired) electrons. The molecule has 0 bridgehead atoms. The van der Waals surface area contributed by atoms with E-state index >= 15 is 0 Å². The topological polar surface area (TPSA) is 30.5 Å². The SMILES string of the molecule is CCCNC(COCCCOC)c1cc(C)ccc1C. The lowest BCUT2D eigenvalue weighted by molar-refractivity contribution is 0.0873. The molecule has 0 aliphatic rings. The van der Waals surface area contributed by atoms with E-state index in [1.165, 1.54) is 16.7 Å². The van der Waals surface area contributed by atoms with Crippen LogP contribution in [0.4, 0.5) is 0 Å². The summed E-state index contributed by atoms with van der Waals surface area (Å²) in [5.41, 5.74) is 3.98. The smallest absolute Gasteiger partial charge is 0.0661 e. The van der Waals surface area contributed by atoms with Crippen molar-refractivity contribution in [3.05, 3.63) is 34.9 Å². The maximum Gasteiger partial charge on any atom is 0.0661 e. The number of aryl methyl sites for hydroxylation is 2. The highest BCUT2D eigenvalue weighted by molar-refractivity contribution is 5.33. The third-order valence-corrected chi connectivity index (χ3v) is 3.37. The Hall–Kier alpha value is -0.900. The fourth-order valence-electron chi connectivity index (χ4n) is 2.22. The quantitative estimate of drug-likeness (QED) is 0.666. The minimum Gasteiger partial charge on any atom is -0.385 e. The summed E-state index contributed by atoms with van der Waals surface area (Å²) in [5.74, 6) is 0. The second-order valence-electron chi connectivity index (χ2n) is 5.29. The van der Waals surface area contributed by atoms with Crippen molar-refractivity contribution >= 4 is 0 Å². The summed E-state index contributed by atoms with van der Waals surface area (Å²) in [5, 5.41) is 3.59. The van der Waals surface area contributed by atoms with Gasteiger partial charge in [-0.25, -0.2) is 0 Å².